The van der Waals surface area contributed by atoms with Crippen molar-refractivity contribution in [1.29, 1.82) is 0 Å². The number of carboxylic acid groups (broad SMARTS) is 1. The third kappa shape index (κ3) is 8.27. The van der Waals surface area contributed by atoms with Gasteiger partial charge in [0, 0.05) is 55.3 Å². The van der Waals surface area contributed by atoms with Crippen molar-refractivity contribution >= 4 is 39.6 Å². The molecular weight excluding hydrogens is 734 g/mol. The molecule has 7 rings (SSSR count). The number of oxazole rings is 1. The molecule has 2 unspecified atom stereocenters. The number of aliphatic carboxylic acids is 1. The summed E-state index contributed by atoms with van der Waals surface area (Å²) in [6.45, 7) is 4.09. The SMILES string of the molecule is Cc1c(Nc2nc(C(F)F)nc3cc(CNCC(C)O)cnc23)cccc1-c1cccc(-c2nc3cc(CN4CCC(C(=O)O)C4)c(OC(F)F)cc3o2)c1C. The van der Waals surface area contributed by atoms with E-state index in [2.05, 4.69) is 25.6 Å². The summed E-state index contributed by atoms with van der Waals surface area (Å²) >= 11 is 0. The summed E-state index contributed by atoms with van der Waals surface area (Å²) in [5, 5.41) is 25.3. The Bertz CT molecular complexity index is 2410. The van der Waals surface area contributed by atoms with Gasteiger partial charge in [0.2, 0.25) is 5.89 Å². The molecular formula is C40H39F4N7O5. The lowest BCUT2D eigenvalue weighted by Gasteiger charge is -2.17. The molecule has 0 saturated carbocycles. The van der Waals surface area contributed by atoms with Crippen molar-refractivity contribution in [2.24, 2.45) is 5.92 Å². The number of fused-ring (bicyclic) bond motifs is 2. The second kappa shape index (κ2) is 16.2. The largest absolute Gasteiger partial charge is 0.481 e. The van der Waals surface area contributed by atoms with Gasteiger partial charge in [0.1, 0.15) is 16.8 Å². The number of benzene rings is 3. The summed E-state index contributed by atoms with van der Waals surface area (Å²) in [5.41, 5.74) is 6.89. The quantitative estimate of drug-likeness (QED) is 0.0798. The first-order chi connectivity index (χ1) is 26.8. The Morgan fingerprint density at radius 3 is 2.46 bits per heavy atom. The number of alkyl halides is 4. The van der Waals surface area contributed by atoms with E-state index in [-0.39, 0.29) is 35.1 Å². The first-order valence-corrected chi connectivity index (χ1v) is 18.0. The van der Waals surface area contributed by atoms with E-state index in [1.165, 1.54) is 6.07 Å². The number of nitrogens with one attached hydrogen (secondary N) is 2. The van der Waals surface area contributed by atoms with Crippen molar-refractivity contribution in [3.05, 3.63) is 88.9 Å². The van der Waals surface area contributed by atoms with Crippen LogP contribution in [0.5, 0.6) is 5.75 Å². The van der Waals surface area contributed by atoms with Crippen LogP contribution in [0, 0.1) is 19.8 Å². The van der Waals surface area contributed by atoms with Gasteiger partial charge in [-0.25, -0.2) is 23.7 Å². The van der Waals surface area contributed by atoms with Crippen LogP contribution in [-0.2, 0) is 17.9 Å². The molecule has 4 heterocycles. The van der Waals surface area contributed by atoms with Crippen LogP contribution in [0.3, 0.4) is 0 Å². The maximum absolute atomic E-state index is 14.0. The monoisotopic (exact) mass is 773 g/mol. The molecule has 3 aromatic carbocycles. The standard InChI is InChI=1S/C40H39F4N7O5/c1-20(52)15-45-16-23-12-31-34(46-17-23)36(50-37(48-31)35(41)42)47-29-9-5-7-27(22(29)3)26-6-4-8-28(21(26)2)38-49-30-13-25(19-51-11-10-24(18-51)39(53)54)32(56-40(43)44)14-33(30)55-38/h4-9,12-14,17,20,24,35,40,45,52H,10-11,15-16,18-19H2,1-3H3,(H,53,54)(H,47,48,50). The average Bonchev–Trinajstić information content (AvgIpc) is 3.79. The number of hydrogen-bond donors (Lipinski definition) is 4. The molecule has 6 aromatic rings. The molecule has 1 aliphatic heterocycles. The number of carbonyl (C=O) groups is 1. The molecule has 0 amide bonds. The molecule has 1 aliphatic rings. The summed E-state index contributed by atoms with van der Waals surface area (Å²) in [5.74, 6) is -1.76. The Morgan fingerprint density at radius 1 is 1.00 bits per heavy atom. The van der Waals surface area contributed by atoms with Crippen molar-refractivity contribution in [3.8, 4) is 28.3 Å². The second-order valence-corrected chi connectivity index (χ2v) is 13.9. The summed E-state index contributed by atoms with van der Waals surface area (Å²) < 4.78 is 65.9. The van der Waals surface area contributed by atoms with E-state index in [0.717, 1.165) is 22.3 Å². The van der Waals surface area contributed by atoms with Crippen LogP contribution < -0.4 is 15.4 Å². The molecule has 1 saturated heterocycles. The number of halogens is 4. The molecule has 2 atom stereocenters. The van der Waals surface area contributed by atoms with Crippen molar-refractivity contribution in [2.45, 2.75) is 59.4 Å². The molecule has 4 N–H and O–H groups in total. The second-order valence-electron chi connectivity index (χ2n) is 13.9. The van der Waals surface area contributed by atoms with Gasteiger partial charge in [0.05, 0.1) is 17.5 Å². The molecule has 3 aromatic heterocycles. The molecule has 0 spiro atoms. The van der Waals surface area contributed by atoms with E-state index < -0.39 is 36.9 Å². The van der Waals surface area contributed by atoms with E-state index in [1.54, 1.807) is 25.3 Å². The van der Waals surface area contributed by atoms with Gasteiger partial charge in [0.15, 0.2) is 17.2 Å². The van der Waals surface area contributed by atoms with Crippen LogP contribution in [0.15, 0.2) is 65.2 Å². The maximum atomic E-state index is 14.0. The third-order valence-electron chi connectivity index (χ3n) is 9.82. The lowest BCUT2D eigenvalue weighted by molar-refractivity contribution is -0.141. The van der Waals surface area contributed by atoms with E-state index >= 15 is 0 Å². The molecule has 16 heteroatoms. The van der Waals surface area contributed by atoms with Gasteiger partial charge in [-0.3, -0.25) is 14.7 Å². The Kier molecular flexibility index (Phi) is 11.1. The van der Waals surface area contributed by atoms with Crippen LogP contribution in [0.4, 0.5) is 29.1 Å². The highest BCUT2D eigenvalue weighted by atomic mass is 19.3. The minimum atomic E-state index is -3.08. The number of rotatable bonds is 14. The number of pyridine rings is 1. The van der Waals surface area contributed by atoms with Crippen molar-refractivity contribution < 1.29 is 41.7 Å². The fraction of sp³-hybridized carbons (Fsp3) is 0.325. The maximum Gasteiger partial charge on any atom is 0.387 e. The number of aliphatic hydroxyl groups is 1. The zero-order chi connectivity index (χ0) is 39.7. The van der Waals surface area contributed by atoms with E-state index in [0.29, 0.717) is 66.0 Å². The number of anilines is 2. The van der Waals surface area contributed by atoms with Gasteiger partial charge in [-0.15, -0.1) is 0 Å². The first-order valence-electron chi connectivity index (χ1n) is 18.0. The lowest BCUT2D eigenvalue weighted by atomic mass is 9.93. The zero-order valence-electron chi connectivity index (χ0n) is 30.7. The lowest BCUT2D eigenvalue weighted by Crippen LogP contribution is -2.23. The Labute approximate surface area is 318 Å². The smallest absolute Gasteiger partial charge is 0.387 e. The number of likely N-dealkylation sites (tertiary alicyclic amines) is 1. The van der Waals surface area contributed by atoms with Crippen LogP contribution in [-0.4, -0.2) is 73.4 Å². The normalized spacial score (nSPS) is 15.4. The van der Waals surface area contributed by atoms with Crippen LogP contribution in [0.25, 0.3) is 44.7 Å². The number of aliphatic hydroxyl groups excluding tert-OH is 1. The Balaban J connectivity index is 1.20. The zero-order valence-corrected chi connectivity index (χ0v) is 30.7. The van der Waals surface area contributed by atoms with Crippen LogP contribution >= 0.6 is 0 Å². The summed E-state index contributed by atoms with van der Waals surface area (Å²) in [6, 6.07) is 15.9. The molecule has 0 bridgehead atoms. The molecule has 12 nitrogen and oxygen atoms in total. The van der Waals surface area contributed by atoms with Crippen LogP contribution in [0.1, 0.15) is 47.8 Å². The van der Waals surface area contributed by atoms with Gasteiger partial charge in [-0.05, 0) is 85.8 Å². The minimum absolute atomic E-state index is 0.0723. The number of carboxylic acids is 1. The molecule has 0 aliphatic carbocycles. The van der Waals surface area contributed by atoms with E-state index in [1.807, 2.05) is 55.1 Å². The number of ether oxygens (including phenoxy) is 1. The highest BCUT2D eigenvalue weighted by Crippen LogP contribution is 2.39. The van der Waals surface area contributed by atoms with Gasteiger partial charge in [-0.1, -0.05) is 24.3 Å². The fourth-order valence-corrected chi connectivity index (χ4v) is 7.00. The third-order valence-corrected chi connectivity index (χ3v) is 9.82. The predicted octanol–water partition coefficient (Wildman–Crippen LogP) is 7.78. The molecule has 292 valence electrons. The predicted molar refractivity (Wildman–Crippen MR) is 201 cm³/mol. The molecule has 1 fully saturated rings. The topological polar surface area (TPSA) is 159 Å². The number of aromatic nitrogens is 4. The van der Waals surface area contributed by atoms with Crippen LogP contribution in [0.2, 0.25) is 0 Å². The van der Waals surface area contributed by atoms with Crippen molar-refractivity contribution in [3.63, 3.8) is 0 Å². The highest BCUT2D eigenvalue weighted by molar-refractivity contribution is 5.89. The summed E-state index contributed by atoms with van der Waals surface area (Å²) in [4.78, 5) is 30.8. The summed E-state index contributed by atoms with van der Waals surface area (Å²) in [7, 11) is 0. The molecule has 0 radical (unpaired) electrons. The van der Waals surface area contributed by atoms with E-state index in [4.69, 9.17) is 14.1 Å². The van der Waals surface area contributed by atoms with Gasteiger partial charge in [0.25, 0.3) is 6.43 Å². The van der Waals surface area contributed by atoms with Gasteiger partial charge >= 0.3 is 12.6 Å². The van der Waals surface area contributed by atoms with Crippen molar-refractivity contribution in [2.75, 3.05) is 25.0 Å². The van der Waals surface area contributed by atoms with Crippen molar-refractivity contribution in [1.82, 2.24) is 30.2 Å². The van der Waals surface area contributed by atoms with Gasteiger partial charge in [-0.2, -0.15) is 8.78 Å². The van der Waals surface area contributed by atoms with Gasteiger partial charge < -0.3 is 30.0 Å². The number of hydrogen-bond acceptors (Lipinski definition) is 11. The average molecular weight is 774 g/mol. The minimum Gasteiger partial charge on any atom is -0.481 e. The highest BCUT2D eigenvalue weighted by Gasteiger charge is 2.29. The summed E-state index contributed by atoms with van der Waals surface area (Å²) in [6.07, 6.45) is -1.41. The Hall–Kier alpha value is -5.71. The number of nitrogens with zero attached hydrogens (tertiary/aromatic N) is 5. The first kappa shape index (κ1) is 38.6. The van der Waals surface area contributed by atoms with E-state index in [9.17, 15) is 32.6 Å². The fourth-order valence-electron chi connectivity index (χ4n) is 7.00. The Morgan fingerprint density at radius 2 is 1.75 bits per heavy atom. The molecule has 56 heavy (non-hydrogen) atoms.